The zero-order chi connectivity index (χ0) is 22.4. The first-order valence-electron chi connectivity index (χ1n) is 8.90. The first-order valence-corrected chi connectivity index (χ1v) is 10.1. The van der Waals surface area contributed by atoms with Crippen LogP contribution in [0.4, 0.5) is 11.4 Å². The summed E-state index contributed by atoms with van der Waals surface area (Å²) in [6.07, 6.45) is 1.42. The maximum atomic E-state index is 12.5. The molecule has 3 N–H and O–H groups in total. The number of carbonyl (C=O) groups excluding carboxylic acids is 2. The van der Waals surface area contributed by atoms with E-state index >= 15 is 0 Å². The Morgan fingerprint density at radius 1 is 0.968 bits per heavy atom. The quantitative estimate of drug-likeness (QED) is 0.427. The lowest BCUT2D eigenvalue weighted by molar-refractivity contribution is 0.0975. The highest BCUT2D eigenvalue weighted by Crippen LogP contribution is 2.28. The lowest BCUT2D eigenvalue weighted by Gasteiger charge is -2.15. The van der Waals surface area contributed by atoms with Crippen molar-refractivity contribution in [2.75, 3.05) is 24.9 Å². The van der Waals surface area contributed by atoms with Crippen LogP contribution in [0.2, 0.25) is 0 Å². The topological polar surface area (TPSA) is 102 Å². The maximum Gasteiger partial charge on any atom is 0.291 e. The number of hydrogen-bond acceptors (Lipinski definition) is 6. The van der Waals surface area contributed by atoms with Crippen molar-refractivity contribution in [1.82, 2.24) is 5.32 Å². The molecule has 0 bridgehead atoms. The first-order chi connectivity index (χ1) is 14.9. The summed E-state index contributed by atoms with van der Waals surface area (Å²) in [7, 11) is 3.04. The number of hydrogen-bond donors (Lipinski definition) is 3. The van der Waals surface area contributed by atoms with Gasteiger partial charge in [-0.3, -0.25) is 14.9 Å². The highest BCUT2D eigenvalue weighted by atomic mass is 79.9. The van der Waals surface area contributed by atoms with Crippen LogP contribution < -0.4 is 25.4 Å². The fourth-order valence-corrected chi connectivity index (χ4v) is 3.36. The van der Waals surface area contributed by atoms with Gasteiger partial charge in [-0.15, -0.1) is 0 Å². The summed E-state index contributed by atoms with van der Waals surface area (Å²) in [5.41, 5.74) is 1.34. The smallest absolute Gasteiger partial charge is 0.291 e. The number of thiocarbonyl (C=S) groups is 1. The average molecular weight is 504 g/mol. The fourth-order valence-electron chi connectivity index (χ4n) is 2.62. The highest BCUT2D eigenvalue weighted by molar-refractivity contribution is 9.10. The maximum absolute atomic E-state index is 12.5. The Bertz CT molecular complexity index is 1120. The number of rotatable bonds is 6. The largest absolute Gasteiger partial charge is 0.496 e. The van der Waals surface area contributed by atoms with Crippen molar-refractivity contribution < 1.29 is 23.5 Å². The van der Waals surface area contributed by atoms with E-state index in [0.29, 0.717) is 32.9 Å². The molecule has 0 unspecified atom stereocenters. The van der Waals surface area contributed by atoms with Gasteiger partial charge in [0.1, 0.15) is 11.5 Å². The van der Waals surface area contributed by atoms with Crippen LogP contribution in [0, 0.1) is 0 Å². The molecule has 2 aromatic carbocycles. The van der Waals surface area contributed by atoms with Crippen LogP contribution in [0.5, 0.6) is 11.5 Å². The number of halogens is 1. The molecule has 10 heteroatoms. The molecule has 3 rings (SSSR count). The van der Waals surface area contributed by atoms with Crippen LogP contribution in [0.1, 0.15) is 20.9 Å². The summed E-state index contributed by atoms with van der Waals surface area (Å²) in [5, 5.41) is 8.29. The number of benzene rings is 2. The van der Waals surface area contributed by atoms with Crippen LogP contribution in [0.3, 0.4) is 0 Å². The van der Waals surface area contributed by atoms with E-state index in [1.165, 1.54) is 20.5 Å². The summed E-state index contributed by atoms with van der Waals surface area (Å²) >= 11 is 8.61. The Kier molecular flexibility index (Phi) is 7.27. The predicted octanol–water partition coefficient (Wildman–Crippen LogP) is 4.44. The van der Waals surface area contributed by atoms with Gasteiger partial charge in [-0.25, -0.2) is 0 Å². The van der Waals surface area contributed by atoms with Gasteiger partial charge in [-0.05, 0) is 76.7 Å². The molecule has 1 heterocycles. The number of carbonyl (C=O) groups is 2. The molecule has 0 atom stereocenters. The normalized spacial score (nSPS) is 10.2. The minimum Gasteiger partial charge on any atom is -0.496 e. The van der Waals surface area contributed by atoms with Gasteiger partial charge in [-0.1, -0.05) is 0 Å². The van der Waals surface area contributed by atoms with Gasteiger partial charge in [0.05, 0.1) is 30.6 Å². The fraction of sp³-hybridized carbons (Fsp3) is 0.0952. The third kappa shape index (κ3) is 5.62. The second-order valence-electron chi connectivity index (χ2n) is 6.10. The van der Waals surface area contributed by atoms with Crippen molar-refractivity contribution in [2.24, 2.45) is 0 Å². The lowest BCUT2D eigenvalue weighted by Crippen LogP contribution is -2.34. The molecule has 2 amide bonds. The van der Waals surface area contributed by atoms with Gasteiger partial charge in [0.25, 0.3) is 11.8 Å². The second-order valence-corrected chi connectivity index (χ2v) is 7.37. The summed E-state index contributed by atoms with van der Waals surface area (Å²) in [6, 6.07) is 13.0. The zero-order valence-electron chi connectivity index (χ0n) is 16.5. The molecule has 0 saturated carbocycles. The van der Waals surface area contributed by atoms with Gasteiger partial charge in [0.15, 0.2) is 10.9 Å². The van der Waals surface area contributed by atoms with Crippen molar-refractivity contribution in [1.29, 1.82) is 0 Å². The molecule has 0 radical (unpaired) electrons. The van der Waals surface area contributed by atoms with Crippen molar-refractivity contribution in [3.05, 3.63) is 70.6 Å². The zero-order valence-corrected chi connectivity index (χ0v) is 18.9. The van der Waals surface area contributed by atoms with Gasteiger partial charge >= 0.3 is 0 Å². The van der Waals surface area contributed by atoms with Crippen LogP contribution in [0.15, 0.2) is 63.7 Å². The van der Waals surface area contributed by atoms with Crippen molar-refractivity contribution in [3.8, 4) is 11.5 Å². The van der Waals surface area contributed by atoms with Crippen LogP contribution in [-0.2, 0) is 0 Å². The van der Waals surface area contributed by atoms with Gasteiger partial charge < -0.3 is 24.5 Å². The summed E-state index contributed by atoms with van der Waals surface area (Å²) in [6.45, 7) is 0. The molecule has 3 aromatic rings. The molecule has 8 nitrogen and oxygen atoms in total. The van der Waals surface area contributed by atoms with Crippen LogP contribution >= 0.6 is 28.1 Å². The molecule has 31 heavy (non-hydrogen) atoms. The summed E-state index contributed by atoms with van der Waals surface area (Å²) in [4.78, 5) is 24.7. The van der Waals surface area contributed by atoms with Crippen molar-refractivity contribution in [2.45, 2.75) is 0 Å². The molecule has 0 aliphatic heterocycles. The average Bonchev–Trinajstić information content (AvgIpc) is 3.29. The molecule has 0 saturated heterocycles. The van der Waals surface area contributed by atoms with E-state index in [4.69, 9.17) is 26.1 Å². The Hall–Kier alpha value is -3.37. The van der Waals surface area contributed by atoms with E-state index in [-0.39, 0.29) is 10.9 Å². The molecule has 0 aliphatic rings. The van der Waals surface area contributed by atoms with Gasteiger partial charge in [-0.2, -0.15) is 0 Å². The molecule has 0 fully saturated rings. The van der Waals surface area contributed by atoms with Gasteiger partial charge in [0.2, 0.25) is 0 Å². The third-order valence-electron chi connectivity index (χ3n) is 4.09. The van der Waals surface area contributed by atoms with E-state index in [9.17, 15) is 9.59 Å². The number of ether oxygens (including phenoxy) is 2. The molecule has 0 spiro atoms. The SMILES string of the molecule is COc1ccc(C(=O)NC(=S)Nc2cc(NC(=O)c3ccco3)ccc2OC)cc1Br. The van der Waals surface area contributed by atoms with E-state index in [0.717, 1.165) is 0 Å². The summed E-state index contributed by atoms with van der Waals surface area (Å²) < 4.78 is 16.2. The first kappa shape index (κ1) is 22.3. The molecule has 0 aliphatic carbocycles. The molecule has 160 valence electrons. The number of furan rings is 1. The monoisotopic (exact) mass is 503 g/mol. The highest BCUT2D eigenvalue weighted by Gasteiger charge is 2.14. The van der Waals surface area contributed by atoms with Crippen LogP contribution in [-0.4, -0.2) is 31.1 Å². The minimum absolute atomic E-state index is 0.0600. The molecular weight excluding hydrogens is 486 g/mol. The number of nitrogens with one attached hydrogen (secondary N) is 3. The second kappa shape index (κ2) is 10.1. The lowest BCUT2D eigenvalue weighted by atomic mass is 10.2. The number of methoxy groups -OCH3 is 2. The summed E-state index contributed by atoms with van der Waals surface area (Å²) in [5.74, 6) is 0.457. The van der Waals surface area contributed by atoms with Crippen molar-refractivity contribution in [3.63, 3.8) is 0 Å². The Balaban J connectivity index is 1.70. The van der Waals surface area contributed by atoms with Gasteiger partial charge in [0, 0.05) is 11.3 Å². The van der Waals surface area contributed by atoms with E-state index in [2.05, 4.69) is 31.9 Å². The number of anilines is 2. The van der Waals surface area contributed by atoms with E-state index < -0.39 is 11.8 Å². The van der Waals surface area contributed by atoms with E-state index in [1.807, 2.05) is 0 Å². The number of amides is 2. The third-order valence-corrected chi connectivity index (χ3v) is 4.92. The Morgan fingerprint density at radius 3 is 2.35 bits per heavy atom. The minimum atomic E-state index is -0.401. The molecule has 1 aromatic heterocycles. The Labute approximate surface area is 192 Å². The van der Waals surface area contributed by atoms with E-state index in [1.54, 1.807) is 48.5 Å². The standard InChI is InChI=1S/C21H18BrN3O5S/c1-28-16-7-5-12(10-14(16)22)19(26)25-21(31)24-15-11-13(6-8-17(15)29-2)23-20(27)18-4-3-9-30-18/h3-11H,1-2H3,(H,23,27)(H2,24,25,26,31). The van der Waals surface area contributed by atoms with Crippen molar-refractivity contribution >= 4 is 56.4 Å². The Morgan fingerprint density at radius 2 is 1.71 bits per heavy atom. The van der Waals surface area contributed by atoms with Crippen LogP contribution in [0.25, 0.3) is 0 Å². The molecular formula is C21H18BrN3O5S. The predicted molar refractivity (Wildman–Crippen MR) is 124 cm³/mol.